The molecule has 0 bridgehead atoms. The Morgan fingerprint density at radius 1 is 1.02 bits per heavy atom. The van der Waals surface area contributed by atoms with Crippen molar-refractivity contribution in [1.82, 2.24) is 21.3 Å². The molecule has 1 aliphatic heterocycles. The van der Waals surface area contributed by atoms with Crippen molar-refractivity contribution >= 4 is 39.6 Å². The second-order valence-corrected chi connectivity index (χ2v) is 13.4. The second kappa shape index (κ2) is 18.0. The van der Waals surface area contributed by atoms with Crippen LogP contribution in [-0.4, -0.2) is 81.5 Å². The zero-order valence-corrected chi connectivity index (χ0v) is 26.5. The number of alkyl carbamates (subject to hydrolysis) is 1. The van der Waals surface area contributed by atoms with Crippen LogP contribution in [0.4, 0.5) is 4.79 Å². The van der Waals surface area contributed by atoms with Crippen LogP contribution in [-0.2, 0) is 45.1 Å². The minimum atomic E-state index is -3.49. The Kier molecular flexibility index (Phi) is 14.8. The molecule has 1 aromatic carbocycles. The molecule has 4 amide bonds. The van der Waals surface area contributed by atoms with Gasteiger partial charge in [-0.05, 0) is 44.1 Å². The van der Waals surface area contributed by atoms with Crippen molar-refractivity contribution in [2.75, 3.05) is 25.2 Å². The van der Waals surface area contributed by atoms with Crippen molar-refractivity contribution in [3.05, 3.63) is 48.0 Å². The quantitative estimate of drug-likeness (QED) is 0.145. The van der Waals surface area contributed by atoms with Crippen LogP contribution in [0.25, 0.3) is 0 Å². The van der Waals surface area contributed by atoms with Crippen molar-refractivity contribution in [1.29, 1.82) is 0 Å². The molecule has 0 aromatic heterocycles. The van der Waals surface area contributed by atoms with Crippen LogP contribution in [0.15, 0.2) is 42.5 Å². The van der Waals surface area contributed by atoms with Crippen LogP contribution in [0, 0.1) is 11.8 Å². The van der Waals surface area contributed by atoms with Crippen molar-refractivity contribution in [2.24, 2.45) is 11.8 Å². The van der Waals surface area contributed by atoms with E-state index in [4.69, 9.17) is 9.47 Å². The molecule has 13 nitrogen and oxygen atoms in total. The van der Waals surface area contributed by atoms with E-state index in [1.165, 1.54) is 12.2 Å². The molecule has 0 unspecified atom stereocenters. The largest absolute Gasteiger partial charge is 0.463 e. The van der Waals surface area contributed by atoms with Gasteiger partial charge in [-0.15, -0.1) is 0 Å². The molecule has 4 atom stereocenters. The van der Waals surface area contributed by atoms with Gasteiger partial charge < -0.3 is 30.7 Å². The van der Waals surface area contributed by atoms with Gasteiger partial charge in [0.15, 0.2) is 0 Å². The Hall–Kier alpha value is -3.94. The highest BCUT2D eigenvalue weighted by molar-refractivity contribution is 7.90. The maximum atomic E-state index is 13.5. The van der Waals surface area contributed by atoms with Gasteiger partial charge in [0, 0.05) is 30.8 Å². The first-order valence-corrected chi connectivity index (χ1v) is 16.7. The molecule has 0 spiro atoms. The van der Waals surface area contributed by atoms with E-state index >= 15 is 0 Å². The lowest BCUT2D eigenvalue weighted by molar-refractivity contribution is -0.137. The van der Waals surface area contributed by atoms with E-state index in [2.05, 4.69) is 21.3 Å². The molecule has 2 rings (SSSR count). The summed E-state index contributed by atoms with van der Waals surface area (Å²) in [6.07, 6.45) is 3.49. The van der Waals surface area contributed by atoms with Gasteiger partial charge in [-0.1, -0.05) is 50.3 Å². The van der Waals surface area contributed by atoms with Crippen LogP contribution in [0.1, 0.15) is 52.0 Å². The molecule has 1 fully saturated rings. The fourth-order valence-corrected chi connectivity index (χ4v) is 5.18. The van der Waals surface area contributed by atoms with E-state index in [-0.39, 0.29) is 50.2 Å². The Morgan fingerprint density at radius 2 is 1.70 bits per heavy atom. The van der Waals surface area contributed by atoms with Gasteiger partial charge in [-0.3, -0.25) is 14.4 Å². The molecule has 244 valence electrons. The monoisotopic (exact) mass is 636 g/mol. The lowest BCUT2D eigenvalue weighted by atomic mass is 9.97. The van der Waals surface area contributed by atoms with Crippen LogP contribution < -0.4 is 21.3 Å². The molecule has 1 aromatic rings. The van der Waals surface area contributed by atoms with Crippen molar-refractivity contribution in [3.63, 3.8) is 0 Å². The number of hydrogen-bond acceptors (Lipinski definition) is 9. The van der Waals surface area contributed by atoms with E-state index in [9.17, 15) is 32.4 Å². The number of nitrogens with one attached hydrogen (secondary N) is 4. The predicted octanol–water partition coefficient (Wildman–Crippen LogP) is 1.38. The Balaban J connectivity index is 2.18. The Labute approximate surface area is 258 Å². The number of esters is 1. The number of amides is 4. The van der Waals surface area contributed by atoms with E-state index < -0.39 is 57.6 Å². The third-order valence-corrected chi connectivity index (χ3v) is 7.70. The lowest BCUT2D eigenvalue weighted by Crippen LogP contribution is -2.55. The fourth-order valence-electron chi connectivity index (χ4n) is 4.51. The first-order valence-electron chi connectivity index (χ1n) is 14.7. The summed E-state index contributed by atoms with van der Waals surface area (Å²) in [6, 6.07) is 5.77. The minimum Gasteiger partial charge on any atom is -0.463 e. The van der Waals surface area contributed by atoms with Crippen molar-refractivity contribution < 1.29 is 41.9 Å². The van der Waals surface area contributed by atoms with Crippen LogP contribution in [0.3, 0.4) is 0 Å². The number of rotatable bonds is 17. The number of carbonyl (C=O) groups is 5. The number of sulfone groups is 1. The van der Waals surface area contributed by atoms with Gasteiger partial charge in [0.25, 0.3) is 0 Å². The highest BCUT2D eigenvalue weighted by Gasteiger charge is 2.31. The zero-order chi connectivity index (χ0) is 32.7. The Bertz CT molecular complexity index is 1270. The molecule has 14 heteroatoms. The summed E-state index contributed by atoms with van der Waals surface area (Å²) in [4.78, 5) is 63.5. The molecule has 4 N–H and O–H groups in total. The SMILES string of the molecule is CCOC(=O)/C=C/[C@H](C[C@@H]1CCNC1=O)NC(=O)[C@H](CC(C)C)NC(=O)[C@H](CCS(C)(=O)=O)NC(=O)OCc1ccccc1. The third kappa shape index (κ3) is 14.0. The third-order valence-electron chi connectivity index (χ3n) is 6.72. The topological polar surface area (TPSA) is 186 Å². The van der Waals surface area contributed by atoms with E-state index in [0.29, 0.717) is 13.0 Å². The van der Waals surface area contributed by atoms with E-state index in [1.807, 2.05) is 19.9 Å². The molecule has 1 saturated heterocycles. The zero-order valence-electron chi connectivity index (χ0n) is 25.7. The van der Waals surface area contributed by atoms with E-state index in [0.717, 1.165) is 11.8 Å². The minimum absolute atomic E-state index is 0.0431. The van der Waals surface area contributed by atoms with Crippen molar-refractivity contribution in [2.45, 2.75) is 71.2 Å². The number of benzene rings is 1. The standard InChI is InChI=1S/C30H44N4O9S/c1-5-42-26(35)12-11-23(18-22-13-15-31-27(22)36)32-29(38)25(17-20(2)3)33-28(37)24(14-16-44(4,40)41)34-30(39)43-19-21-9-7-6-8-10-21/h6-12,20,22-25H,5,13-19H2,1-4H3,(H,31,36)(H,32,38)(H,33,37)(H,34,39)/b12-11+/t22-,23+,24-,25-/m0/s1. The number of carbonyl (C=O) groups excluding carboxylic acids is 5. The summed E-state index contributed by atoms with van der Waals surface area (Å²) >= 11 is 0. The summed E-state index contributed by atoms with van der Waals surface area (Å²) in [5.74, 6) is -2.91. The molecule has 0 radical (unpaired) electrons. The molecule has 44 heavy (non-hydrogen) atoms. The Morgan fingerprint density at radius 3 is 2.30 bits per heavy atom. The smallest absolute Gasteiger partial charge is 0.408 e. The van der Waals surface area contributed by atoms with Gasteiger partial charge in [-0.25, -0.2) is 18.0 Å². The van der Waals surface area contributed by atoms with Gasteiger partial charge in [0.2, 0.25) is 17.7 Å². The summed E-state index contributed by atoms with van der Waals surface area (Å²) in [5, 5.41) is 10.6. The predicted molar refractivity (Wildman–Crippen MR) is 163 cm³/mol. The fraction of sp³-hybridized carbons (Fsp3) is 0.567. The van der Waals surface area contributed by atoms with Gasteiger partial charge in [-0.2, -0.15) is 0 Å². The van der Waals surface area contributed by atoms with Crippen LogP contribution in [0.2, 0.25) is 0 Å². The molecule has 1 aliphatic rings. The highest BCUT2D eigenvalue weighted by Crippen LogP contribution is 2.17. The number of hydrogen-bond donors (Lipinski definition) is 4. The average Bonchev–Trinajstić information content (AvgIpc) is 3.36. The average molecular weight is 637 g/mol. The molecule has 0 saturated carbocycles. The second-order valence-electron chi connectivity index (χ2n) is 11.1. The van der Waals surface area contributed by atoms with Gasteiger partial charge >= 0.3 is 12.1 Å². The molecular formula is C30H44N4O9S. The first-order chi connectivity index (χ1) is 20.8. The van der Waals surface area contributed by atoms with Crippen LogP contribution >= 0.6 is 0 Å². The number of ether oxygens (including phenoxy) is 2. The molecule has 1 heterocycles. The maximum absolute atomic E-state index is 13.5. The first kappa shape index (κ1) is 36.3. The summed E-state index contributed by atoms with van der Waals surface area (Å²) in [6.45, 7) is 5.98. The summed E-state index contributed by atoms with van der Waals surface area (Å²) in [7, 11) is -3.49. The summed E-state index contributed by atoms with van der Waals surface area (Å²) < 4.78 is 33.9. The summed E-state index contributed by atoms with van der Waals surface area (Å²) in [5.41, 5.74) is 0.718. The highest BCUT2D eigenvalue weighted by atomic mass is 32.2. The lowest BCUT2D eigenvalue weighted by Gasteiger charge is -2.26. The maximum Gasteiger partial charge on any atom is 0.408 e. The van der Waals surface area contributed by atoms with Crippen molar-refractivity contribution in [3.8, 4) is 0 Å². The van der Waals surface area contributed by atoms with Gasteiger partial charge in [0.1, 0.15) is 28.5 Å². The normalized spacial score (nSPS) is 16.9. The molecular weight excluding hydrogens is 592 g/mol. The molecule has 0 aliphatic carbocycles. The van der Waals surface area contributed by atoms with Gasteiger partial charge in [0.05, 0.1) is 12.4 Å². The van der Waals surface area contributed by atoms with Crippen LogP contribution in [0.5, 0.6) is 0 Å². The van der Waals surface area contributed by atoms with E-state index in [1.54, 1.807) is 31.2 Å².